The molecule has 3 heteroatoms. The van der Waals surface area contributed by atoms with E-state index in [1.165, 1.54) is 12.8 Å². The van der Waals surface area contributed by atoms with Crippen molar-refractivity contribution in [2.75, 3.05) is 26.3 Å². The van der Waals surface area contributed by atoms with Gasteiger partial charge in [0.15, 0.2) is 0 Å². The lowest BCUT2D eigenvalue weighted by Crippen LogP contribution is -2.59. The number of rotatable bonds is 0. The first-order chi connectivity index (χ1) is 5.72. The van der Waals surface area contributed by atoms with E-state index in [-0.39, 0.29) is 0 Å². The molecule has 0 atom stereocenters. The Kier molecular flexibility index (Phi) is 1.83. The van der Waals surface area contributed by atoms with Crippen LogP contribution >= 0.6 is 0 Å². The fourth-order valence-electron chi connectivity index (χ4n) is 2.12. The molecule has 0 unspecified atom stereocenters. The molecule has 0 radical (unpaired) electrons. The van der Waals surface area contributed by atoms with Crippen LogP contribution in [0.2, 0.25) is 0 Å². The van der Waals surface area contributed by atoms with Gasteiger partial charge in [0.05, 0.1) is 5.84 Å². The number of nitrogens with one attached hydrogen (secondary N) is 1. The minimum atomic E-state index is 0.514. The van der Waals surface area contributed by atoms with Gasteiger partial charge in [-0.3, -0.25) is 5.41 Å². The average molecular weight is 168 g/mol. The van der Waals surface area contributed by atoms with Crippen LogP contribution in [0.3, 0.4) is 0 Å². The van der Waals surface area contributed by atoms with E-state index >= 15 is 0 Å². The maximum Gasteiger partial charge on any atom is 0.0926 e. The van der Waals surface area contributed by atoms with Crippen molar-refractivity contribution < 1.29 is 4.74 Å². The van der Waals surface area contributed by atoms with Crippen LogP contribution in [0.15, 0.2) is 0 Å². The van der Waals surface area contributed by atoms with E-state index in [0.717, 1.165) is 26.3 Å². The van der Waals surface area contributed by atoms with Gasteiger partial charge in [0.2, 0.25) is 0 Å². The van der Waals surface area contributed by atoms with Gasteiger partial charge in [0.1, 0.15) is 0 Å². The maximum absolute atomic E-state index is 7.45. The lowest BCUT2D eigenvalue weighted by atomic mass is 9.73. The molecule has 1 spiro atoms. The molecule has 0 aromatic heterocycles. The van der Waals surface area contributed by atoms with Crippen LogP contribution < -0.4 is 0 Å². The lowest BCUT2D eigenvalue weighted by Gasteiger charge is -2.52. The molecule has 1 N–H and O–H groups in total. The SMILES string of the molecule is CC(=N)N1CC2(CCOCC2)C1. The Morgan fingerprint density at radius 3 is 2.42 bits per heavy atom. The molecule has 12 heavy (non-hydrogen) atoms. The second-order valence-electron chi connectivity index (χ2n) is 4.05. The van der Waals surface area contributed by atoms with E-state index in [4.69, 9.17) is 10.1 Å². The van der Waals surface area contributed by atoms with Gasteiger partial charge in [-0.15, -0.1) is 0 Å². The minimum Gasteiger partial charge on any atom is -0.381 e. The van der Waals surface area contributed by atoms with E-state index in [0.29, 0.717) is 11.3 Å². The standard InChI is InChI=1S/C9H16N2O/c1-8(10)11-6-9(7-11)2-4-12-5-3-9/h10H,2-7H2,1H3. The summed E-state index contributed by atoms with van der Waals surface area (Å²) in [6.07, 6.45) is 2.38. The van der Waals surface area contributed by atoms with Crippen LogP contribution in [-0.2, 0) is 4.74 Å². The third-order valence-corrected chi connectivity index (χ3v) is 3.08. The first kappa shape index (κ1) is 8.05. The Hall–Kier alpha value is -0.570. The number of likely N-dealkylation sites (tertiary alicyclic amines) is 1. The summed E-state index contributed by atoms with van der Waals surface area (Å²) in [4.78, 5) is 2.14. The average Bonchev–Trinajstić information content (AvgIpc) is 2.01. The fourth-order valence-corrected chi connectivity index (χ4v) is 2.12. The molecule has 2 fully saturated rings. The number of ether oxygens (including phenoxy) is 1. The summed E-state index contributed by atoms with van der Waals surface area (Å²) in [7, 11) is 0. The van der Waals surface area contributed by atoms with Gasteiger partial charge in [0.25, 0.3) is 0 Å². The monoisotopic (exact) mass is 168 g/mol. The second-order valence-corrected chi connectivity index (χ2v) is 4.05. The van der Waals surface area contributed by atoms with Crippen LogP contribution in [0, 0.1) is 10.8 Å². The van der Waals surface area contributed by atoms with Crippen LogP contribution in [0.1, 0.15) is 19.8 Å². The van der Waals surface area contributed by atoms with Crippen LogP contribution in [0.4, 0.5) is 0 Å². The molecular formula is C9H16N2O. The molecule has 3 nitrogen and oxygen atoms in total. The molecule has 2 heterocycles. The van der Waals surface area contributed by atoms with E-state index < -0.39 is 0 Å². The number of hydrogen-bond acceptors (Lipinski definition) is 2. The quantitative estimate of drug-likeness (QED) is 0.434. The topological polar surface area (TPSA) is 36.3 Å². The first-order valence-electron chi connectivity index (χ1n) is 4.60. The Bertz CT molecular complexity index is 189. The maximum atomic E-state index is 7.45. The highest BCUT2D eigenvalue weighted by atomic mass is 16.5. The summed E-state index contributed by atoms with van der Waals surface area (Å²) in [6.45, 7) is 5.89. The highest BCUT2D eigenvalue weighted by Crippen LogP contribution is 2.39. The summed E-state index contributed by atoms with van der Waals surface area (Å²) in [5.74, 6) is 0.715. The molecule has 68 valence electrons. The molecule has 0 aliphatic carbocycles. The molecule has 2 aliphatic heterocycles. The third kappa shape index (κ3) is 1.22. The van der Waals surface area contributed by atoms with Crippen LogP contribution in [0.5, 0.6) is 0 Å². The fraction of sp³-hybridized carbons (Fsp3) is 0.889. The summed E-state index contributed by atoms with van der Waals surface area (Å²) >= 11 is 0. The Labute approximate surface area is 73.2 Å². The van der Waals surface area contributed by atoms with Gasteiger partial charge in [-0.25, -0.2) is 0 Å². The second kappa shape index (κ2) is 2.73. The largest absolute Gasteiger partial charge is 0.381 e. The zero-order valence-electron chi connectivity index (χ0n) is 7.60. The van der Waals surface area contributed by atoms with Gasteiger partial charge >= 0.3 is 0 Å². The lowest BCUT2D eigenvalue weighted by molar-refractivity contribution is -0.0535. The predicted octanol–water partition coefficient (Wildman–Crippen LogP) is 1.10. The van der Waals surface area contributed by atoms with Crippen molar-refractivity contribution in [2.45, 2.75) is 19.8 Å². The third-order valence-electron chi connectivity index (χ3n) is 3.08. The Morgan fingerprint density at radius 1 is 1.33 bits per heavy atom. The Balaban J connectivity index is 1.88. The van der Waals surface area contributed by atoms with Gasteiger partial charge in [-0.2, -0.15) is 0 Å². The van der Waals surface area contributed by atoms with Crippen molar-refractivity contribution in [1.29, 1.82) is 5.41 Å². The summed E-state index contributed by atoms with van der Waals surface area (Å²) in [6, 6.07) is 0. The molecule has 2 aliphatic rings. The minimum absolute atomic E-state index is 0.514. The molecule has 0 amide bonds. The van der Waals surface area contributed by atoms with Crippen molar-refractivity contribution >= 4 is 5.84 Å². The molecule has 0 saturated carbocycles. The van der Waals surface area contributed by atoms with Crippen LogP contribution in [0.25, 0.3) is 0 Å². The first-order valence-corrected chi connectivity index (χ1v) is 4.60. The summed E-state index contributed by atoms with van der Waals surface area (Å²) < 4.78 is 5.32. The zero-order valence-corrected chi connectivity index (χ0v) is 7.60. The van der Waals surface area contributed by atoms with E-state index in [1.54, 1.807) is 0 Å². The number of hydrogen-bond donors (Lipinski definition) is 1. The van der Waals surface area contributed by atoms with E-state index in [9.17, 15) is 0 Å². The van der Waals surface area contributed by atoms with Gasteiger partial charge in [-0.05, 0) is 19.8 Å². The predicted molar refractivity (Wildman–Crippen MR) is 47.5 cm³/mol. The number of nitrogens with zero attached hydrogens (tertiary/aromatic N) is 1. The van der Waals surface area contributed by atoms with Crippen molar-refractivity contribution in [3.63, 3.8) is 0 Å². The zero-order chi connectivity index (χ0) is 8.60. The van der Waals surface area contributed by atoms with E-state index in [2.05, 4.69) is 4.90 Å². The molecule has 0 aromatic rings. The molecule has 0 bridgehead atoms. The van der Waals surface area contributed by atoms with Gasteiger partial charge in [-0.1, -0.05) is 0 Å². The summed E-state index contributed by atoms with van der Waals surface area (Å²) in [5.41, 5.74) is 0.514. The van der Waals surface area contributed by atoms with Crippen molar-refractivity contribution in [2.24, 2.45) is 5.41 Å². The molecular weight excluding hydrogens is 152 g/mol. The molecule has 2 rings (SSSR count). The molecule has 0 aromatic carbocycles. The Morgan fingerprint density at radius 2 is 1.92 bits per heavy atom. The van der Waals surface area contributed by atoms with Crippen molar-refractivity contribution in [3.05, 3.63) is 0 Å². The van der Waals surface area contributed by atoms with Crippen LogP contribution in [-0.4, -0.2) is 37.0 Å². The summed E-state index contributed by atoms with van der Waals surface area (Å²) in [5, 5.41) is 7.45. The van der Waals surface area contributed by atoms with E-state index in [1.807, 2.05) is 6.92 Å². The highest BCUT2D eigenvalue weighted by molar-refractivity contribution is 5.77. The highest BCUT2D eigenvalue weighted by Gasteiger charge is 2.43. The van der Waals surface area contributed by atoms with Crippen molar-refractivity contribution in [3.8, 4) is 0 Å². The van der Waals surface area contributed by atoms with Crippen molar-refractivity contribution in [1.82, 2.24) is 4.90 Å². The smallest absolute Gasteiger partial charge is 0.0926 e. The van der Waals surface area contributed by atoms with Gasteiger partial charge < -0.3 is 9.64 Å². The normalized spacial score (nSPS) is 26.9. The molecule has 2 saturated heterocycles. The van der Waals surface area contributed by atoms with Gasteiger partial charge in [0, 0.05) is 31.7 Å². The number of amidine groups is 1.